The molecule has 1 atom stereocenters. The van der Waals surface area contributed by atoms with E-state index in [0.717, 1.165) is 12.8 Å². The van der Waals surface area contributed by atoms with Crippen LogP contribution in [-0.2, 0) is 4.79 Å². The van der Waals surface area contributed by atoms with Crippen LogP contribution in [-0.4, -0.2) is 18.5 Å². The van der Waals surface area contributed by atoms with Gasteiger partial charge in [-0.3, -0.25) is 4.79 Å². The first-order chi connectivity index (χ1) is 6.49. The predicted molar refractivity (Wildman–Crippen MR) is 59.9 cm³/mol. The van der Waals surface area contributed by atoms with Crippen LogP contribution in [0.1, 0.15) is 40.5 Å². The molecule has 3 N–H and O–H groups in total. The molecule has 0 fully saturated rings. The first-order valence-electron chi connectivity index (χ1n) is 5.49. The van der Waals surface area contributed by atoms with E-state index in [0.29, 0.717) is 12.5 Å². The summed E-state index contributed by atoms with van der Waals surface area (Å²) in [5.74, 6) is 0.671. The summed E-state index contributed by atoms with van der Waals surface area (Å²) < 4.78 is 0. The maximum Gasteiger partial charge on any atom is 0.223 e. The van der Waals surface area contributed by atoms with E-state index in [1.165, 1.54) is 0 Å². The maximum atomic E-state index is 11.7. The number of nitrogens with one attached hydrogen (secondary N) is 1. The fourth-order valence-corrected chi connectivity index (χ4v) is 1.50. The summed E-state index contributed by atoms with van der Waals surface area (Å²) in [5.41, 5.74) is 5.45. The molecule has 0 saturated heterocycles. The van der Waals surface area contributed by atoms with Gasteiger partial charge in [0.1, 0.15) is 0 Å². The monoisotopic (exact) mass is 200 g/mol. The molecule has 0 aromatic rings. The standard InChI is InChI=1S/C11H24N2O/c1-8(2)10(6-5-7-12)11(14)13-9(3)4/h8-10H,5-7,12H2,1-4H3,(H,13,14). The van der Waals surface area contributed by atoms with Crippen LogP contribution in [0.15, 0.2) is 0 Å². The third kappa shape index (κ3) is 5.22. The number of nitrogens with two attached hydrogens (primary N) is 1. The van der Waals surface area contributed by atoms with Crippen LogP contribution in [0, 0.1) is 11.8 Å². The number of carbonyl (C=O) groups excluding carboxylic acids is 1. The first kappa shape index (κ1) is 13.4. The van der Waals surface area contributed by atoms with Gasteiger partial charge >= 0.3 is 0 Å². The maximum absolute atomic E-state index is 11.7. The van der Waals surface area contributed by atoms with Gasteiger partial charge < -0.3 is 11.1 Å². The van der Waals surface area contributed by atoms with Gasteiger partial charge in [0.15, 0.2) is 0 Å². The van der Waals surface area contributed by atoms with Crippen LogP contribution in [0.2, 0.25) is 0 Å². The number of hydrogen-bond donors (Lipinski definition) is 2. The SMILES string of the molecule is CC(C)NC(=O)C(CCCN)C(C)C. The average molecular weight is 200 g/mol. The van der Waals surface area contributed by atoms with Crippen LogP contribution in [0.3, 0.4) is 0 Å². The van der Waals surface area contributed by atoms with Crippen molar-refractivity contribution in [3.63, 3.8) is 0 Å². The van der Waals surface area contributed by atoms with E-state index >= 15 is 0 Å². The van der Waals surface area contributed by atoms with E-state index < -0.39 is 0 Å². The van der Waals surface area contributed by atoms with Crippen LogP contribution in [0.25, 0.3) is 0 Å². The molecule has 0 heterocycles. The molecule has 1 amide bonds. The highest BCUT2D eigenvalue weighted by Gasteiger charge is 2.21. The summed E-state index contributed by atoms with van der Waals surface area (Å²) >= 11 is 0. The first-order valence-corrected chi connectivity index (χ1v) is 5.49. The number of rotatable bonds is 6. The van der Waals surface area contributed by atoms with Crippen molar-refractivity contribution in [2.24, 2.45) is 17.6 Å². The summed E-state index contributed by atoms with van der Waals surface area (Å²) in [6, 6.07) is 0.224. The Morgan fingerprint density at radius 3 is 2.21 bits per heavy atom. The lowest BCUT2D eigenvalue weighted by atomic mass is 9.90. The van der Waals surface area contributed by atoms with Gasteiger partial charge in [0.2, 0.25) is 5.91 Å². The number of amides is 1. The molecule has 0 rings (SSSR count). The van der Waals surface area contributed by atoms with E-state index in [2.05, 4.69) is 19.2 Å². The third-order valence-electron chi connectivity index (χ3n) is 2.29. The quantitative estimate of drug-likeness (QED) is 0.683. The van der Waals surface area contributed by atoms with Gasteiger partial charge in [-0.15, -0.1) is 0 Å². The Morgan fingerprint density at radius 2 is 1.86 bits per heavy atom. The van der Waals surface area contributed by atoms with Crippen LogP contribution in [0.4, 0.5) is 0 Å². The molecule has 0 saturated carbocycles. The number of hydrogen-bond acceptors (Lipinski definition) is 2. The van der Waals surface area contributed by atoms with E-state index in [1.54, 1.807) is 0 Å². The van der Waals surface area contributed by atoms with Crippen molar-refractivity contribution in [2.75, 3.05) is 6.54 Å². The van der Waals surface area contributed by atoms with Gasteiger partial charge in [-0.2, -0.15) is 0 Å². The van der Waals surface area contributed by atoms with Crippen molar-refractivity contribution in [2.45, 2.75) is 46.6 Å². The molecule has 0 aromatic heterocycles. The summed E-state index contributed by atoms with van der Waals surface area (Å²) in [4.78, 5) is 11.7. The van der Waals surface area contributed by atoms with Crippen molar-refractivity contribution in [3.8, 4) is 0 Å². The average Bonchev–Trinajstić information content (AvgIpc) is 2.02. The Kier molecular flexibility index (Phi) is 6.54. The Hall–Kier alpha value is -0.570. The Morgan fingerprint density at radius 1 is 1.29 bits per heavy atom. The molecular weight excluding hydrogens is 176 g/mol. The minimum absolute atomic E-state index is 0.112. The molecule has 0 spiro atoms. The highest BCUT2D eigenvalue weighted by molar-refractivity contribution is 5.79. The topological polar surface area (TPSA) is 55.1 Å². The summed E-state index contributed by atoms with van der Waals surface area (Å²) in [7, 11) is 0. The molecule has 3 heteroatoms. The van der Waals surface area contributed by atoms with Crippen LogP contribution < -0.4 is 11.1 Å². The van der Waals surface area contributed by atoms with Gasteiger partial charge in [0, 0.05) is 12.0 Å². The Balaban J connectivity index is 4.11. The molecule has 0 radical (unpaired) electrons. The fourth-order valence-electron chi connectivity index (χ4n) is 1.50. The van der Waals surface area contributed by atoms with Gasteiger partial charge in [0.25, 0.3) is 0 Å². The summed E-state index contributed by atoms with van der Waals surface area (Å²) in [6.07, 6.45) is 1.82. The molecule has 3 nitrogen and oxygen atoms in total. The lowest BCUT2D eigenvalue weighted by molar-refractivity contribution is -0.127. The molecule has 0 aliphatic rings. The normalized spacial score (nSPS) is 13.4. The lowest BCUT2D eigenvalue weighted by Crippen LogP contribution is -2.37. The van der Waals surface area contributed by atoms with E-state index in [9.17, 15) is 4.79 Å². The second-order valence-corrected chi connectivity index (χ2v) is 4.44. The Bertz CT molecular complexity index is 167. The lowest BCUT2D eigenvalue weighted by Gasteiger charge is -2.21. The third-order valence-corrected chi connectivity index (χ3v) is 2.29. The van der Waals surface area contributed by atoms with Gasteiger partial charge in [-0.05, 0) is 39.2 Å². The molecule has 84 valence electrons. The molecule has 0 aromatic carbocycles. The van der Waals surface area contributed by atoms with E-state index in [-0.39, 0.29) is 17.9 Å². The van der Waals surface area contributed by atoms with E-state index in [1.807, 2.05) is 13.8 Å². The smallest absolute Gasteiger partial charge is 0.223 e. The van der Waals surface area contributed by atoms with Crippen LogP contribution in [0.5, 0.6) is 0 Å². The zero-order valence-corrected chi connectivity index (χ0v) is 9.84. The summed E-state index contributed by atoms with van der Waals surface area (Å²) in [5, 5.41) is 2.95. The van der Waals surface area contributed by atoms with Crippen molar-refractivity contribution in [1.82, 2.24) is 5.32 Å². The van der Waals surface area contributed by atoms with Crippen molar-refractivity contribution in [1.29, 1.82) is 0 Å². The number of carbonyl (C=O) groups is 1. The second kappa shape index (κ2) is 6.82. The van der Waals surface area contributed by atoms with Gasteiger partial charge in [-0.25, -0.2) is 0 Å². The molecular formula is C11H24N2O. The van der Waals surface area contributed by atoms with Crippen molar-refractivity contribution >= 4 is 5.91 Å². The zero-order chi connectivity index (χ0) is 11.1. The Labute approximate surface area is 87.4 Å². The molecule has 0 aliphatic carbocycles. The fraction of sp³-hybridized carbons (Fsp3) is 0.909. The second-order valence-electron chi connectivity index (χ2n) is 4.44. The molecule has 1 unspecified atom stereocenters. The highest BCUT2D eigenvalue weighted by Crippen LogP contribution is 2.17. The summed E-state index contributed by atoms with van der Waals surface area (Å²) in [6.45, 7) is 8.80. The van der Waals surface area contributed by atoms with E-state index in [4.69, 9.17) is 5.73 Å². The molecule has 0 aliphatic heterocycles. The van der Waals surface area contributed by atoms with Crippen molar-refractivity contribution in [3.05, 3.63) is 0 Å². The zero-order valence-electron chi connectivity index (χ0n) is 9.84. The van der Waals surface area contributed by atoms with Gasteiger partial charge in [-0.1, -0.05) is 13.8 Å². The highest BCUT2D eigenvalue weighted by atomic mass is 16.1. The largest absolute Gasteiger partial charge is 0.354 e. The van der Waals surface area contributed by atoms with Crippen molar-refractivity contribution < 1.29 is 4.79 Å². The van der Waals surface area contributed by atoms with Gasteiger partial charge in [0.05, 0.1) is 0 Å². The minimum Gasteiger partial charge on any atom is -0.354 e. The minimum atomic E-state index is 0.112. The molecule has 14 heavy (non-hydrogen) atoms. The van der Waals surface area contributed by atoms with Crippen LogP contribution >= 0.6 is 0 Å². The predicted octanol–water partition coefficient (Wildman–Crippen LogP) is 1.52. The molecule has 0 bridgehead atoms.